The predicted molar refractivity (Wildman–Crippen MR) is 61.5 cm³/mol. The summed E-state index contributed by atoms with van der Waals surface area (Å²) in [6.45, 7) is 5.54. The van der Waals surface area contributed by atoms with E-state index in [4.69, 9.17) is 5.73 Å². The molecule has 15 heavy (non-hydrogen) atoms. The third kappa shape index (κ3) is 4.18. The Morgan fingerprint density at radius 3 is 2.60 bits per heavy atom. The first-order chi connectivity index (χ1) is 7.02. The molecule has 0 radical (unpaired) electrons. The lowest BCUT2D eigenvalue weighted by Gasteiger charge is -2.18. The Bertz CT molecular complexity index is 214. The van der Waals surface area contributed by atoms with E-state index in [-0.39, 0.29) is 17.9 Å². The molecular weight excluding hydrogens is 190 g/mol. The molecule has 0 unspecified atom stereocenters. The lowest BCUT2D eigenvalue weighted by molar-refractivity contribution is -0.123. The van der Waals surface area contributed by atoms with E-state index in [9.17, 15) is 4.79 Å². The van der Waals surface area contributed by atoms with Crippen LogP contribution in [0.4, 0.5) is 0 Å². The van der Waals surface area contributed by atoms with Crippen molar-refractivity contribution < 1.29 is 4.79 Å². The molecule has 1 fully saturated rings. The Balaban J connectivity index is 2.10. The van der Waals surface area contributed by atoms with E-state index >= 15 is 0 Å². The largest absolute Gasteiger partial charge is 0.353 e. The van der Waals surface area contributed by atoms with Gasteiger partial charge in [-0.25, -0.2) is 0 Å². The van der Waals surface area contributed by atoms with E-state index in [1.54, 1.807) is 0 Å². The van der Waals surface area contributed by atoms with Crippen LogP contribution in [-0.2, 0) is 4.79 Å². The average molecular weight is 213 g/mol. The van der Waals surface area contributed by atoms with Gasteiger partial charge in [-0.2, -0.15) is 0 Å². The highest BCUT2D eigenvalue weighted by Crippen LogP contribution is 2.24. The van der Waals surface area contributed by atoms with E-state index in [1.165, 1.54) is 12.8 Å². The molecular formula is C11H23N3O. The maximum Gasteiger partial charge on any atom is 0.237 e. The SMILES string of the molecule is CC(C)[C@H](N)C(=O)NCCN(C)C1CC1. The fraction of sp³-hybridized carbons (Fsp3) is 0.909. The van der Waals surface area contributed by atoms with Crippen LogP contribution in [0.25, 0.3) is 0 Å². The molecule has 1 aliphatic carbocycles. The number of rotatable bonds is 6. The smallest absolute Gasteiger partial charge is 0.237 e. The molecule has 1 amide bonds. The minimum atomic E-state index is -0.378. The number of hydrogen-bond donors (Lipinski definition) is 2. The molecule has 0 heterocycles. The van der Waals surface area contributed by atoms with Gasteiger partial charge in [-0.05, 0) is 25.8 Å². The van der Waals surface area contributed by atoms with Gasteiger partial charge in [0.25, 0.3) is 0 Å². The second-order valence-corrected chi connectivity index (χ2v) is 4.77. The number of nitrogens with two attached hydrogens (primary N) is 1. The molecule has 1 saturated carbocycles. The van der Waals surface area contributed by atoms with Crippen molar-refractivity contribution in [2.45, 2.75) is 38.8 Å². The lowest BCUT2D eigenvalue weighted by Crippen LogP contribution is -2.46. The van der Waals surface area contributed by atoms with Crippen molar-refractivity contribution in [3.8, 4) is 0 Å². The molecule has 0 aromatic heterocycles. The predicted octanol–water partition coefficient (Wildman–Crippen LogP) is 0.180. The minimum absolute atomic E-state index is 0.0332. The van der Waals surface area contributed by atoms with Crippen molar-refractivity contribution in [2.24, 2.45) is 11.7 Å². The van der Waals surface area contributed by atoms with Crippen LogP contribution >= 0.6 is 0 Å². The van der Waals surface area contributed by atoms with Crippen LogP contribution in [0.1, 0.15) is 26.7 Å². The molecule has 88 valence electrons. The molecule has 3 N–H and O–H groups in total. The third-order valence-corrected chi connectivity index (χ3v) is 2.95. The van der Waals surface area contributed by atoms with E-state index in [0.717, 1.165) is 12.6 Å². The maximum atomic E-state index is 11.5. The zero-order chi connectivity index (χ0) is 11.4. The number of nitrogens with zero attached hydrogens (tertiary/aromatic N) is 1. The van der Waals surface area contributed by atoms with Gasteiger partial charge in [0.2, 0.25) is 5.91 Å². The summed E-state index contributed by atoms with van der Waals surface area (Å²) in [5, 5.41) is 2.87. The van der Waals surface area contributed by atoms with E-state index in [0.29, 0.717) is 6.54 Å². The summed E-state index contributed by atoms with van der Waals surface area (Å²) < 4.78 is 0. The zero-order valence-electron chi connectivity index (χ0n) is 9.99. The molecule has 4 nitrogen and oxygen atoms in total. The Hall–Kier alpha value is -0.610. The molecule has 1 aliphatic rings. The standard InChI is InChI=1S/C11H23N3O/c1-8(2)10(12)11(15)13-6-7-14(3)9-4-5-9/h8-10H,4-7,12H2,1-3H3,(H,13,15)/t10-/m0/s1. The Labute approximate surface area is 92.2 Å². The number of nitrogens with one attached hydrogen (secondary N) is 1. The number of carbonyl (C=O) groups is 1. The summed E-state index contributed by atoms with van der Waals surface area (Å²) in [5.41, 5.74) is 5.72. The van der Waals surface area contributed by atoms with Gasteiger partial charge in [-0.15, -0.1) is 0 Å². The van der Waals surface area contributed by atoms with Crippen LogP contribution in [0.3, 0.4) is 0 Å². The van der Waals surface area contributed by atoms with E-state index in [2.05, 4.69) is 17.3 Å². The molecule has 4 heteroatoms. The topological polar surface area (TPSA) is 58.4 Å². The second-order valence-electron chi connectivity index (χ2n) is 4.77. The van der Waals surface area contributed by atoms with Gasteiger partial charge in [0.05, 0.1) is 6.04 Å². The number of carbonyl (C=O) groups excluding carboxylic acids is 1. The molecule has 0 bridgehead atoms. The van der Waals surface area contributed by atoms with Crippen LogP contribution in [0.2, 0.25) is 0 Å². The number of likely N-dealkylation sites (N-methyl/N-ethyl adjacent to an activating group) is 1. The van der Waals surface area contributed by atoms with E-state index in [1.807, 2.05) is 13.8 Å². The van der Waals surface area contributed by atoms with Crippen molar-refractivity contribution in [3.63, 3.8) is 0 Å². The Kier molecular flexibility index (Phi) is 4.54. The first-order valence-electron chi connectivity index (χ1n) is 5.76. The van der Waals surface area contributed by atoms with Crippen molar-refractivity contribution in [1.82, 2.24) is 10.2 Å². The van der Waals surface area contributed by atoms with Crippen molar-refractivity contribution in [1.29, 1.82) is 0 Å². The molecule has 0 aliphatic heterocycles. The van der Waals surface area contributed by atoms with Gasteiger partial charge in [0.1, 0.15) is 0 Å². The summed E-state index contributed by atoms with van der Waals surface area (Å²) in [5.74, 6) is 0.167. The summed E-state index contributed by atoms with van der Waals surface area (Å²) in [4.78, 5) is 13.8. The second kappa shape index (κ2) is 5.47. The third-order valence-electron chi connectivity index (χ3n) is 2.95. The summed E-state index contributed by atoms with van der Waals surface area (Å²) >= 11 is 0. The van der Waals surface area contributed by atoms with Crippen molar-refractivity contribution >= 4 is 5.91 Å². The molecule has 0 saturated heterocycles. The van der Waals surface area contributed by atoms with Crippen LogP contribution in [0, 0.1) is 5.92 Å². The van der Waals surface area contributed by atoms with Crippen LogP contribution in [0.15, 0.2) is 0 Å². The Morgan fingerprint density at radius 2 is 2.13 bits per heavy atom. The average Bonchev–Trinajstić information content (AvgIpc) is 2.99. The maximum absolute atomic E-state index is 11.5. The quantitative estimate of drug-likeness (QED) is 0.662. The summed E-state index contributed by atoms with van der Waals surface area (Å²) in [7, 11) is 2.10. The monoisotopic (exact) mass is 213 g/mol. The molecule has 0 aromatic carbocycles. The van der Waals surface area contributed by atoms with Crippen molar-refractivity contribution in [2.75, 3.05) is 20.1 Å². The van der Waals surface area contributed by atoms with Crippen LogP contribution in [0.5, 0.6) is 0 Å². The highest BCUT2D eigenvalue weighted by atomic mass is 16.2. The van der Waals surface area contributed by atoms with Gasteiger partial charge in [-0.3, -0.25) is 4.79 Å². The van der Waals surface area contributed by atoms with E-state index < -0.39 is 0 Å². The lowest BCUT2D eigenvalue weighted by atomic mass is 10.1. The van der Waals surface area contributed by atoms with Crippen molar-refractivity contribution in [3.05, 3.63) is 0 Å². The molecule has 1 rings (SSSR count). The highest BCUT2D eigenvalue weighted by molar-refractivity contribution is 5.81. The number of hydrogen-bond acceptors (Lipinski definition) is 3. The van der Waals surface area contributed by atoms with Gasteiger partial charge in [-0.1, -0.05) is 13.8 Å². The van der Waals surface area contributed by atoms with Gasteiger partial charge >= 0.3 is 0 Å². The minimum Gasteiger partial charge on any atom is -0.353 e. The Morgan fingerprint density at radius 1 is 1.53 bits per heavy atom. The normalized spacial score (nSPS) is 18.3. The first-order valence-corrected chi connectivity index (χ1v) is 5.76. The fourth-order valence-electron chi connectivity index (χ4n) is 1.47. The summed E-state index contributed by atoms with van der Waals surface area (Å²) in [6.07, 6.45) is 2.60. The summed E-state index contributed by atoms with van der Waals surface area (Å²) in [6, 6.07) is 0.372. The van der Waals surface area contributed by atoms with Crippen LogP contribution in [-0.4, -0.2) is 43.0 Å². The van der Waals surface area contributed by atoms with Gasteiger partial charge in [0.15, 0.2) is 0 Å². The molecule has 1 atom stereocenters. The first kappa shape index (κ1) is 12.5. The molecule has 0 aromatic rings. The zero-order valence-corrected chi connectivity index (χ0v) is 9.99. The van der Waals surface area contributed by atoms with Gasteiger partial charge in [0, 0.05) is 19.1 Å². The number of amides is 1. The highest BCUT2D eigenvalue weighted by Gasteiger charge is 2.25. The fourth-order valence-corrected chi connectivity index (χ4v) is 1.47. The molecule has 0 spiro atoms. The van der Waals surface area contributed by atoms with Gasteiger partial charge < -0.3 is 16.0 Å². The van der Waals surface area contributed by atoms with Crippen LogP contribution < -0.4 is 11.1 Å².